The summed E-state index contributed by atoms with van der Waals surface area (Å²) in [5.74, 6) is 0. The van der Waals surface area contributed by atoms with E-state index in [9.17, 15) is 9.59 Å². The number of benzene rings is 4. The molecule has 0 saturated carbocycles. The van der Waals surface area contributed by atoms with Gasteiger partial charge in [-0.25, -0.2) is 47.8 Å². The van der Waals surface area contributed by atoms with E-state index < -0.39 is 5.41 Å². The van der Waals surface area contributed by atoms with Gasteiger partial charge in [-0.1, -0.05) is 60.7 Å². The highest BCUT2D eigenvalue weighted by Gasteiger charge is 2.53. The van der Waals surface area contributed by atoms with E-state index in [1.165, 1.54) is 0 Å². The van der Waals surface area contributed by atoms with Gasteiger partial charge in [-0.2, -0.15) is 0 Å². The Kier molecular flexibility index (Phi) is 6.28. The summed E-state index contributed by atoms with van der Waals surface area (Å²) in [4.78, 5) is 57.4. The van der Waals surface area contributed by atoms with Crippen LogP contribution >= 0.6 is 0 Å². The first kappa shape index (κ1) is 31.3. The molecule has 12 heteroatoms. The summed E-state index contributed by atoms with van der Waals surface area (Å²) < 4.78 is 6.43. The summed E-state index contributed by atoms with van der Waals surface area (Å²) in [6.45, 7) is 0. The van der Waals surface area contributed by atoms with Crippen molar-refractivity contribution in [1.82, 2.24) is 48.2 Å². The van der Waals surface area contributed by atoms with Crippen molar-refractivity contribution in [3.05, 3.63) is 202 Å². The summed E-state index contributed by atoms with van der Waals surface area (Å²) in [7, 11) is 0. The molecule has 57 heavy (non-hydrogen) atoms. The number of rotatable bonds is 4. The van der Waals surface area contributed by atoms with E-state index in [0.717, 1.165) is 44.8 Å². The SMILES string of the molecule is O=c1n(-c2ccccc2)c2nccnc2n1-c1ccc2c(c1)C1(c3cc(-n4c(=O)n(-c5ccccc5)c5nccnc54)ccc3-2)c2cccnc2-c2ncccc21. The van der Waals surface area contributed by atoms with Crippen LogP contribution in [-0.4, -0.2) is 48.2 Å². The van der Waals surface area contributed by atoms with E-state index >= 15 is 0 Å². The molecule has 0 aliphatic heterocycles. The van der Waals surface area contributed by atoms with Gasteiger partial charge in [-0.05, 0) is 94.0 Å². The molecule has 0 fully saturated rings. The second-order valence-electron chi connectivity index (χ2n) is 14.0. The monoisotopic (exact) mass is 738 g/mol. The molecule has 0 saturated heterocycles. The smallest absolute Gasteiger partial charge is 0.254 e. The van der Waals surface area contributed by atoms with Gasteiger partial charge in [0, 0.05) is 37.2 Å². The number of para-hydroxylation sites is 2. The Labute approximate surface area is 322 Å². The zero-order valence-corrected chi connectivity index (χ0v) is 29.8. The Hall–Kier alpha value is -8.12. The molecule has 0 amide bonds. The van der Waals surface area contributed by atoms with Crippen LogP contribution in [0.25, 0.3) is 67.9 Å². The van der Waals surface area contributed by atoms with Crippen LogP contribution in [-0.2, 0) is 5.41 Å². The van der Waals surface area contributed by atoms with Gasteiger partial charge in [0.05, 0.1) is 39.6 Å². The van der Waals surface area contributed by atoms with Crippen LogP contribution < -0.4 is 11.4 Å². The van der Waals surface area contributed by atoms with Gasteiger partial charge in [0.15, 0.2) is 22.6 Å². The van der Waals surface area contributed by atoms with Gasteiger partial charge >= 0.3 is 11.4 Å². The number of fused-ring (bicyclic) bond motifs is 12. The molecule has 0 atom stereocenters. The predicted octanol–water partition coefficient (Wildman–Crippen LogP) is 6.59. The van der Waals surface area contributed by atoms with E-state index in [2.05, 4.69) is 56.3 Å². The van der Waals surface area contributed by atoms with Crippen molar-refractivity contribution >= 4 is 22.6 Å². The molecule has 12 nitrogen and oxygen atoms in total. The van der Waals surface area contributed by atoms with Crippen LogP contribution in [0, 0.1) is 0 Å². The summed E-state index contributed by atoms with van der Waals surface area (Å²) in [6, 6.07) is 39.2. The maximum absolute atomic E-state index is 14.5. The minimum Gasteiger partial charge on any atom is -0.254 e. The molecule has 4 aromatic carbocycles. The van der Waals surface area contributed by atoms with Crippen molar-refractivity contribution in [2.24, 2.45) is 0 Å². The Balaban J connectivity index is 1.15. The van der Waals surface area contributed by atoms with Crippen molar-refractivity contribution in [3.8, 4) is 45.3 Å². The van der Waals surface area contributed by atoms with Gasteiger partial charge in [-0.3, -0.25) is 9.97 Å². The van der Waals surface area contributed by atoms with E-state index in [-0.39, 0.29) is 11.4 Å². The third kappa shape index (κ3) is 4.04. The normalized spacial score (nSPS) is 13.2. The molecule has 0 radical (unpaired) electrons. The molecule has 0 bridgehead atoms. The molecule has 268 valence electrons. The molecule has 1 spiro atoms. The topological polar surface area (TPSA) is 131 Å². The molecule has 0 N–H and O–H groups in total. The van der Waals surface area contributed by atoms with Crippen molar-refractivity contribution < 1.29 is 0 Å². The van der Waals surface area contributed by atoms with Gasteiger partial charge in [0.1, 0.15) is 0 Å². The van der Waals surface area contributed by atoms with Crippen molar-refractivity contribution in [2.75, 3.05) is 0 Å². The maximum Gasteiger partial charge on any atom is 0.340 e. The number of imidazole rings is 2. The number of nitrogens with zero attached hydrogens (tertiary/aromatic N) is 10. The third-order valence-corrected chi connectivity index (χ3v) is 11.2. The average molecular weight is 739 g/mol. The first-order chi connectivity index (χ1) is 28.1. The molecular weight excluding hydrogens is 713 g/mol. The van der Waals surface area contributed by atoms with Crippen LogP contribution in [0.3, 0.4) is 0 Å². The van der Waals surface area contributed by atoms with Crippen molar-refractivity contribution in [1.29, 1.82) is 0 Å². The minimum atomic E-state index is -0.913. The van der Waals surface area contributed by atoms with Crippen molar-refractivity contribution in [3.63, 3.8) is 0 Å². The van der Waals surface area contributed by atoms with Gasteiger partial charge < -0.3 is 0 Å². The second-order valence-corrected chi connectivity index (χ2v) is 14.0. The van der Waals surface area contributed by atoms with Crippen LogP contribution in [0.4, 0.5) is 0 Å². The van der Waals surface area contributed by atoms with E-state index in [0.29, 0.717) is 45.3 Å². The number of hydrogen-bond donors (Lipinski definition) is 0. The van der Waals surface area contributed by atoms with E-state index in [4.69, 9.17) is 9.97 Å². The lowest BCUT2D eigenvalue weighted by Gasteiger charge is -2.30. The van der Waals surface area contributed by atoms with Crippen LogP contribution in [0.1, 0.15) is 22.3 Å². The number of hydrogen-bond acceptors (Lipinski definition) is 8. The lowest BCUT2D eigenvalue weighted by molar-refractivity contribution is 0.784. The molecule has 12 rings (SSSR count). The fraction of sp³-hybridized carbons (Fsp3) is 0.0222. The lowest BCUT2D eigenvalue weighted by Crippen LogP contribution is -2.27. The molecule has 6 heterocycles. The first-order valence-electron chi connectivity index (χ1n) is 18.4. The predicted molar refractivity (Wildman–Crippen MR) is 214 cm³/mol. The highest BCUT2D eigenvalue weighted by Crippen LogP contribution is 2.62. The Bertz CT molecular complexity index is 3190. The Morgan fingerprint density at radius 2 is 0.737 bits per heavy atom. The highest BCUT2D eigenvalue weighted by atomic mass is 16.2. The first-order valence-corrected chi connectivity index (χ1v) is 18.4. The quantitative estimate of drug-likeness (QED) is 0.198. The van der Waals surface area contributed by atoms with Crippen LogP contribution in [0.2, 0.25) is 0 Å². The number of aromatic nitrogens is 10. The number of pyridine rings is 2. The molecule has 0 unspecified atom stereocenters. The molecule has 6 aromatic heterocycles. The second kappa shape index (κ2) is 11.4. The summed E-state index contributed by atoms with van der Waals surface area (Å²) in [6.07, 6.45) is 9.96. The zero-order valence-electron chi connectivity index (χ0n) is 29.8. The van der Waals surface area contributed by atoms with Crippen molar-refractivity contribution in [2.45, 2.75) is 5.41 Å². The summed E-state index contributed by atoms with van der Waals surface area (Å²) in [5.41, 5.74) is 10.2. The fourth-order valence-corrected chi connectivity index (χ4v) is 9.02. The zero-order chi connectivity index (χ0) is 37.8. The largest absolute Gasteiger partial charge is 0.340 e. The lowest BCUT2D eigenvalue weighted by atomic mass is 9.71. The van der Waals surface area contributed by atoms with Gasteiger partial charge in [0.25, 0.3) is 0 Å². The van der Waals surface area contributed by atoms with Gasteiger partial charge in [0.2, 0.25) is 0 Å². The Morgan fingerprint density at radius 1 is 0.351 bits per heavy atom. The van der Waals surface area contributed by atoms with E-state index in [1.807, 2.05) is 84.9 Å². The van der Waals surface area contributed by atoms with E-state index in [1.54, 1.807) is 55.4 Å². The van der Waals surface area contributed by atoms with Crippen LogP contribution in [0.15, 0.2) is 168 Å². The Morgan fingerprint density at radius 3 is 1.14 bits per heavy atom. The summed E-state index contributed by atoms with van der Waals surface area (Å²) in [5, 5.41) is 0. The minimum absolute atomic E-state index is 0.292. The molecule has 2 aliphatic rings. The standard InChI is InChI=1S/C45H26N10O2/c56-43-52(27-9-3-1-4-10-27)39-41(50-23-21-48-39)54(43)29-15-17-31-32-18-16-30(55-42-40(49-22-24-51-42)53(44(55)57)28-11-5-2-6-12-28)26-36(32)45(35(31)25-29)33-13-7-19-46-37(33)38-34(45)14-8-20-47-38/h1-26H. The highest BCUT2D eigenvalue weighted by molar-refractivity contribution is 5.94. The maximum atomic E-state index is 14.5. The molecule has 2 aliphatic carbocycles. The van der Waals surface area contributed by atoms with Crippen LogP contribution in [0.5, 0.6) is 0 Å². The molecule has 10 aromatic rings. The fourth-order valence-electron chi connectivity index (χ4n) is 9.02. The average Bonchev–Trinajstić information content (AvgIpc) is 3.94. The van der Waals surface area contributed by atoms with Gasteiger partial charge in [-0.15, -0.1) is 0 Å². The molecular formula is C45H26N10O2. The summed E-state index contributed by atoms with van der Waals surface area (Å²) >= 11 is 0. The third-order valence-electron chi connectivity index (χ3n) is 11.2.